The molecule has 2 nitrogen and oxygen atoms in total. The van der Waals surface area contributed by atoms with Gasteiger partial charge in [0.05, 0.1) is 22.8 Å². The number of hydrogen-bond acceptors (Lipinski definition) is 1. The van der Waals surface area contributed by atoms with Gasteiger partial charge in [0.15, 0.2) is 0 Å². The Kier molecular flexibility index (Phi) is 2.97. The molecule has 2 aliphatic heterocycles. The summed E-state index contributed by atoms with van der Waals surface area (Å²) in [4.78, 5) is 2.50. The van der Waals surface area contributed by atoms with Crippen molar-refractivity contribution < 1.29 is 0 Å². The van der Waals surface area contributed by atoms with Gasteiger partial charge in [-0.15, -0.1) is 0 Å². The predicted molar refractivity (Wildman–Crippen MR) is 111 cm³/mol. The summed E-state index contributed by atoms with van der Waals surface area (Å²) < 4.78 is 2.33. The molecular weight excluding hydrogens is 328 g/mol. The van der Waals surface area contributed by atoms with E-state index < -0.39 is 0 Å². The van der Waals surface area contributed by atoms with E-state index in [9.17, 15) is 0 Å². The summed E-state index contributed by atoms with van der Waals surface area (Å²) >= 11 is 0. The summed E-state index contributed by atoms with van der Waals surface area (Å²) in [6.07, 6.45) is 4.51. The molecule has 4 aromatic rings. The van der Waals surface area contributed by atoms with E-state index in [2.05, 4.69) is 113 Å². The van der Waals surface area contributed by atoms with Crippen LogP contribution in [0.1, 0.15) is 28.4 Å². The molecule has 0 saturated carbocycles. The molecule has 1 unspecified atom stereocenters. The summed E-state index contributed by atoms with van der Waals surface area (Å²) in [6, 6.07) is 32.7. The fourth-order valence-corrected chi connectivity index (χ4v) is 4.49. The molecule has 0 bridgehead atoms. The molecular formula is C25H18N2. The highest BCUT2D eigenvalue weighted by Crippen LogP contribution is 2.49. The lowest BCUT2D eigenvalue weighted by atomic mass is 9.88. The number of rotatable bonds is 1. The Hall–Kier alpha value is -3.52. The lowest BCUT2D eigenvalue weighted by Crippen LogP contribution is -2.36. The molecule has 1 atom stereocenters. The van der Waals surface area contributed by atoms with Crippen LogP contribution in [0.4, 0.5) is 5.69 Å². The molecule has 0 spiro atoms. The van der Waals surface area contributed by atoms with Crippen molar-refractivity contribution in [2.45, 2.75) is 6.04 Å². The first-order valence-electron chi connectivity index (χ1n) is 9.34. The van der Waals surface area contributed by atoms with Crippen molar-refractivity contribution in [3.8, 4) is 5.69 Å². The van der Waals surface area contributed by atoms with Gasteiger partial charge < -0.3 is 9.47 Å². The third-order valence-corrected chi connectivity index (χ3v) is 5.63. The van der Waals surface area contributed by atoms with E-state index in [0.29, 0.717) is 0 Å². The van der Waals surface area contributed by atoms with Crippen LogP contribution in [-0.4, -0.2) is 4.57 Å². The Balaban J connectivity index is 1.71. The number of nitrogens with zero attached hydrogens (tertiary/aromatic N) is 2. The van der Waals surface area contributed by atoms with Gasteiger partial charge in [-0.25, -0.2) is 0 Å². The molecule has 128 valence electrons. The monoisotopic (exact) mass is 346 g/mol. The highest BCUT2D eigenvalue weighted by Gasteiger charge is 2.37. The minimum absolute atomic E-state index is 0.173. The molecule has 27 heavy (non-hydrogen) atoms. The fourth-order valence-electron chi connectivity index (χ4n) is 4.49. The maximum Gasteiger partial charge on any atom is 0.100 e. The van der Waals surface area contributed by atoms with Gasteiger partial charge in [0.2, 0.25) is 0 Å². The van der Waals surface area contributed by atoms with Crippen LogP contribution >= 0.6 is 0 Å². The van der Waals surface area contributed by atoms with E-state index in [4.69, 9.17) is 0 Å². The van der Waals surface area contributed by atoms with Crippen molar-refractivity contribution in [1.29, 1.82) is 0 Å². The molecule has 0 N–H and O–H groups in total. The number of para-hydroxylation sites is 2. The minimum Gasteiger partial charge on any atom is -0.326 e. The van der Waals surface area contributed by atoms with Crippen LogP contribution in [0, 0.1) is 0 Å². The average Bonchev–Trinajstić information content (AvgIpc) is 3.23. The summed E-state index contributed by atoms with van der Waals surface area (Å²) in [7, 11) is 0. The second kappa shape index (κ2) is 5.49. The van der Waals surface area contributed by atoms with Crippen molar-refractivity contribution in [1.82, 2.24) is 4.57 Å². The summed E-state index contributed by atoms with van der Waals surface area (Å²) in [5.74, 6) is 0. The summed E-state index contributed by atoms with van der Waals surface area (Å²) in [5.41, 5.74) is 8.93. The zero-order chi connectivity index (χ0) is 17.8. The van der Waals surface area contributed by atoms with Crippen molar-refractivity contribution in [3.05, 3.63) is 120 Å². The van der Waals surface area contributed by atoms with Gasteiger partial charge in [-0.3, -0.25) is 0 Å². The second-order valence-corrected chi connectivity index (χ2v) is 7.09. The molecule has 2 aliphatic rings. The molecule has 0 saturated heterocycles. The third-order valence-electron chi connectivity index (χ3n) is 5.63. The highest BCUT2D eigenvalue weighted by atomic mass is 15.3. The molecule has 6 rings (SSSR count). The van der Waals surface area contributed by atoms with Crippen LogP contribution in [0.5, 0.6) is 0 Å². The van der Waals surface area contributed by atoms with Crippen LogP contribution in [0.25, 0.3) is 17.5 Å². The fraction of sp³-hybridized carbons (Fsp3) is 0.0400. The number of benzene rings is 3. The molecule has 3 heterocycles. The zero-order valence-electron chi connectivity index (χ0n) is 14.8. The first-order valence-corrected chi connectivity index (χ1v) is 9.34. The van der Waals surface area contributed by atoms with Gasteiger partial charge in [-0.2, -0.15) is 0 Å². The highest BCUT2D eigenvalue weighted by molar-refractivity contribution is 5.96. The van der Waals surface area contributed by atoms with Crippen LogP contribution in [0.15, 0.2) is 97.2 Å². The molecule has 0 radical (unpaired) electrons. The van der Waals surface area contributed by atoms with Gasteiger partial charge in [0.25, 0.3) is 0 Å². The van der Waals surface area contributed by atoms with Crippen molar-refractivity contribution in [2.75, 3.05) is 4.90 Å². The van der Waals surface area contributed by atoms with Crippen LogP contribution in [0.3, 0.4) is 0 Å². The normalized spacial score (nSPS) is 16.7. The molecule has 2 heteroatoms. The SMILES string of the molecule is C1=C(c2ccccc2)N2c3ccccc3-n3cccc3C2c2ccccc21. The van der Waals surface area contributed by atoms with Gasteiger partial charge in [-0.05, 0) is 47.0 Å². The largest absolute Gasteiger partial charge is 0.326 e. The smallest absolute Gasteiger partial charge is 0.100 e. The van der Waals surface area contributed by atoms with E-state index in [0.717, 1.165) is 0 Å². The first kappa shape index (κ1) is 14.6. The molecule has 0 fully saturated rings. The van der Waals surface area contributed by atoms with E-state index in [-0.39, 0.29) is 6.04 Å². The number of fused-ring (bicyclic) bond motifs is 8. The molecule has 1 aromatic heterocycles. The predicted octanol–water partition coefficient (Wildman–Crippen LogP) is 5.90. The number of hydrogen-bond donors (Lipinski definition) is 0. The maximum absolute atomic E-state index is 2.50. The van der Waals surface area contributed by atoms with Crippen LogP contribution in [0.2, 0.25) is 0 Å². The van der Waals surface area contributed by atoms with Crippen molar-refractivity contribution in [3.63, 3.8) is 0 Å². The maximum atomic E-state index is 2.50. The molecule has 0 amide bonds. The van der Waals surface area contributed by atoms with Crippen LogP contribution < -0.4 is 4.90 Å². The summed E-state index contributed by atoms with van der Waals surface area (Å²) in [5, 5.41) is 0. The number of aromatic nitrogens is 1. The van der Waals surface area contributed by atoms with Crippen molar-refractivity contribution in [2.24, 2.45) is 0 Å². The van der Waals surface area contributed by atoms with E-state index >= 15 is 0 Å². The number of anilines is 1. The Labute approximate surface area is 158 Å². The van der Waals surface area contributed by atoms with Gasteiger partial charge in [0.1, 0.15) is 6.04 Å². The third kappa shape index (κ3) is 2.01. The Morgan fingerprint density at radius 2 is 1.37 bits per heavy atom. The lowest BCUT2D eigenvalue weighted by molar-refractivity contribution is 0.728. The lowest BCUT2D eigenvalue weighted by Gasteiger charge is -2.44. The topological polar surface area (TPSA) is 8.17 Å². The van der Waals surface area contributed by atoms with E-state index in [1.165, 1.54) is 39.5 Å². The Bertz CT molecular complexity index is 1180. The molecule has 3 aromatic carbocycles. The first-order chi connectivity index (χ1) is 13.4. The average molecular weight is 346 g/mol. The zero-order valence-corrected chi connectivity index (χ0v) is 14.8. The van der Waals surface area contributed by atoms with E-state index in [1.54, 1.807) is 0 Å². The quantitative estimate of drug-likeness (QED) is 0.417. The van der Waals surface area contributed by atoms with Crippen LogP contribution in [-0.2, 0) is 0 Å². The minimum atomic E-state index is 0.173. The van der Waals surface area contributed by atoms with Gasteiger partial charge in [0, 0.05) is 6.20 Å². The van der Waals surface area contributed by atoms with Gasteiger partial charge >= 0.3 is 0 Å². The van der Waals surface area contributed by atoms with E-state index in [1.807, 2.05) is 0 Å². The Morgan fingerprint density at radius 1 is 0.630 bits per heavy atom. The second-order valence-electron chi connectivity index (χ2n) is 7.09. The standard InChI is InChI=1S/C25H18N2/c1-2-9-18(10-3-1)24-17-19-11-4-5-12-20(19)25-23-15-8-16-26(23)21-13-6-7-14-22(21)27(24)25/h1-17,25H. The Morgan fingerprint density at radius 3 is 2.26 bits per heavy atom. The van der Waals surface area contributed by atoms with Crippen molar-refractivity contribution >= 4 is 17.5 Å². The molecule has 0 aliphatic carbocycles. The summed E-state index contributed by atoms with van der Waals surface area (Å²) in [6.45, 7) is 0. The van der Waals surface area contributed by atoms with Gasteiger partial charge in [-0.1, -0.05) is 66.7 Å².